The molecule has 5 nitrogen and oxygen atoms in total. The van der Waals surface area contributed by atoms with Crippen molar-refractivity contribution < 1.29 is 4.92 Å². The lowest BCUT2D eigenvalue weighted by atomic mass is 10.1. The molecule has 110 valence electrons. The molecule has 0 amide bonds. The quantitative estimate of drug-likeness (QED) is 0.674. The number of anilines is 2. The second-order valence-electron chi connectivity index (χ2n) is 5.17. The van der Waals surface area contributed by atoms with E-state index in [-0.39, 0.29) is 10.6 Å². The fraction of sp³-hybridized carbons (Fsp3) is 0.250. The second kappa shape index (κ2) is 6.26. The predicted octanol–water partition coefficient (Wildman–Crippen LogP) is 3.58. The summed E-state index contributed by atoms with van der Waals surface area (Å²) in [5.41, 5.74) is 3.86. The summed E-state index contributed by atoms with van der Waals surface area (Å²) < 4.78 is 0. The molecule has 0 spiro atoms. The summed E-state index contributed by atoms with van der Waals surface area (Å²) in [6.07, 6.45) is 0. The van der Waals surface area contributed by atoms with Crippen LogP contribution in [0.2, 0.25) is 0 Å². The average molecular weight is 285 g/mol. The molecule has 1 N–H and O–H groups in total. The zero-order valence-corrected chi connectivity index (χ0v) is 12.5. The molecular weight excluding hydrogens is 266 g/mol. The summed E-state index contributed by atoms with van der Waals surface area (Å²) in [5, 5.41) is 14.2. The van der Waals surface area contributed by atoms with E-state index in [1.54, 1.807) is 19.1 Å². The highest BCUT2D eigenvalue weighted by atomic mass is 16.6. The Balaban J connectivity index is 2.06. The fourth-order valence-corrected chi connectivity index (χ4v) is 2.04. The number of rotatable bonds is 5. The van der Waals surface area contributed by atoms with Crippen molar-refractivity contribution in [3.63, 3.8) is 0 Å². The molecule has 5 heteroatoms. The largest absolute Gasteiger partial charge is 0.381 e. The third-order valence-corrected chi connectivity index (χ3v) is 3.35. The lowest BCUT2D eigenvalue weighted by Crippen LogP contribution is -2.08. The van der Waals surface area contributed by atoms with Crippen LogP contribution in [0.5, 0.6) is 0 Å². The number of nitro benzene ring substituents is 1. The zero-order chi connectivity index (χ0) is 15.4. The molecule has 21 heavy (non-hydrogen) atoms. The molecular formula is C16H19N3O2. The van der Waals surface area contributed by atoms with Crippen molar-refractivity contribution in [3.05, 3.63) is 63.7 Å². The molecule has 0 fully saturated rings. The Hall–Kier alpha value is -2.56. The first-order valence-electron chi connectivity index (χ1n) is 6.72. The molecule has 2 aromatic carbocycles. The van der Waals surface area contributed by atoms with E-state index in [0.29, 0.717) is 12.1 Å². The molecule has 0 aliphatic carbocycles. The minimum Gasteiger partial charge on any atom is -0.381 e. The van der Waals surface area contributed by atoms with Gasteiger partial charge in [-0.3, -0.25) is 10.1 Å². The van der Waals surface area contributed by atoms with Gasteiger partial charge in [0.25, 0.3) is 5.69 Å². The first-order valence-corrected chi connectivity index (χ1v) is 6.72. The number of nitro groups is 1. The van der Waals surface area contributed by atoms with Gasteiger partial charge in [0.15, 0.2) is 0 Å². The van der Waals surface area contributed by atoms with Gasteiger partial charge in [-0.25, -0.2) is 0 Å². The SMILES string of the molecule is Cc1ccc(CNc2ccc(N(C)C)cc2)cc1[N+](=O)[O-]. The Morgan fingerprint density at radius 2 is 1.81 bits per heavy atom. The summed E-state index contributed by atoms with van der Waals surface area (Å²) >= 11 is 0. The van der Waals surface area contributed by atoms with Crippen LogP contribution in [0.25, 0.3) is 0 Å². The lowest BCUT2D eigenvalue weighted by molar-refractivity contribution is -0.385. The van der Waals surface area contributed by atoms with Crippen LogP contribution in [0.15, 0.2) is 42.5 Å². The van der Waals surface area contributed by atoms with Crippen molar-refractivity contribution >= 4 is 17.1 Å². The Kier molecular flexibility index (Phi) is 4.42. The maximum Gasteiger partial charge on any atom is 0.272 e. The van der Waals surface area contributed by atoms with Gasteiger partial charge in [0, 0.05) is 43.6 Å². The monoisotopic (exact) mass is 285 g/mol. The highest BCUT2D eigenvalue weighted by Gasteiger charge is 2.10. The van der Waals surface area contributed by atoms with Crippen LogP contribution in [0.4, 0.5) is 17.1 Å². The smallest absolute Gasteiger partial charge is 0.272 e. The molecule has 0 saturated heterocycles. The summed E-state index contributed by atoms with van der Waals surface area (Å²) in [5.74, 6) is 0. The average Bonchev–Trinajstić information content (AvgIpc) is 2.46. The Morgan fingerprint density at radius 3 is 2.38 bits per heavy atom. The van der Waals surface area contributed by atoms with Crippen molar-refractivity contribution in [1.29, 1.82) is 0 Å². The molecule has 0 aliphatic heterocycles. The van der Waals surface area contributed by atoms with Gasteiger partial charge in [-0.15, -0.1) is 0 Å². The van der Waals surface area contributed by atoms with Crippen LogP contribution < -0.4 is 10.2 Å². The maximum atomic E-state index is 10.9. The van der Waals surface area contributed by atoms with Crippen LogP contribution in [0, 0.1) is 17.0 Å². The molecule has 2 aromatic rings. The first kappa shape index (κ1) is 14.8. The van der Waals surface area contributed by atoms with Crippen LogP contribution in [0.1, 0.15) is 11.1 Å². The summed E-state index contributed by atoms with van der Waals surface area (Å²) in [4.78, 5) is 12.6. The highest BCUT2D eigenvalue weighted by Crippen LogP contribution is 2.21. The molecule has 0 atom stereocenters. The Labute approximate surface area is 124 Å². The maximum absolute atomic E-state index is 10.9. The number of hydrogen-bond acceptors (Lipinski definition) is 4. The van der Waals surface area contributed by atoms with Gasteiger partial charge in [0.1, 0.15) is 0 Å². The van der Waals surface area contributed by atoms with Crippen molar-refractivity contribution in [2.24, 2.45) is 0 Å². The molecule has 0 saturated carbocycles. The Morgan fingerprint density at radius 1 is 1.14 bits per heavy atom. The summed E-state index contributed by atoms with van der Waals surface area (Å²) in [6, 6.07) is 13.4. The number of nitrogens with one attached hydrogen (secondary N) is 1. The van der Waals surface area contributed by atoms with Gasteiger partial charge < -0.3 is 10.2 Å². The van der Waals surface area contributed by atoms with E-state index in [4.69, 9.17) is 0 Å². The van der Waals surface area contributed by atoms with Crippen molar-refractivity contribution in [1.82, 2.24) is 0 Å². The minimum absolute atomic E-state index is 0.164. The van der Waals surface area contributed by atoms with Crippen molar-refractivity contribution in [2.75, 3.05) is 24.3 Å². The van der Waals surface area contributed by atoms with E-state index in [1.165, 1.54) is 0 Å². The summed E-state index contributed by atoms with van der Waals surface area (Å²) in [6.45, 7) is 2.30. The molecule has 2 rings (SSSR count). The van der Waals surface area contributed by atoms with Gasteiger partial charge >= 0.3 is 0 Å². The zero-order valence-electron chi connectivity index (χ0n) is 12.5. The van der Waals surface area contributed by atoms with Crippen molar-refractivity contribution in [3.8, 4) is 0 Å². The molecule has 0 radical (unpaired) electrons. The number of benzene rings is 2. The van der Waals surface area contributed by atoms with Gasteiger partial charge in [-0.05, 0) is 36.8 Å². The molecule has 0 aliphatic rings. The fourth-order valence-electron chi connectivity index (χ4n) is 2.04. The van der Waals surface area contributed by atoms with Crippen LogP contribution in [0.3, 0.4) is 0 Å². The summed E-state index contributed by atoms with van der Waals surface area (Å²) in [7, 11) is 3.99. The Bertz CT molecular complexity index is 636. The van der Waals surface area contributed by atoms with Crippen LogP contribution in [-0.4, -0.2) is 19.0 Å². The van der Waals surface area contributed by atoms with E-state index in [1.807, 2.05) is 49.3 Å². The lowest BCUT2D eigenvalue weighted by Gasteiger charge is -2.13. The van der Waals surface area contributed by atoms with Crippen LogP contribution >= 0.6 is 0 Å². The molecule has 0 heterocycles. The second-order valence-corrected chi connectivity index (χ2v) is 5.17. The molecule has 0 bridgehead atoms. The topological polar surface area (TPSA) is 58.4 Å². The predicted molar refractivity (Wildman–Crippen MR) is 85.9 cm³/mol. The van der Waals surface area contributed by atoms with Gasteiger partial charge in [-0.2, -0.15) is 0 Å². The van der Waals surface area contributed by atoms with Gasteiger partial charge in [0.2, 0.25) is 0 Å². The molecule has 0 unspecified atom stereocenters. The third-order valence-electron chi connectivity index (χ3n) is 3.35. The number of aryl methyl sites for hydroxylation is 1. The first-order chi connectivity index (χ1) is 9.97. The van der Waals surface area contributed by atoms with E-state index in [0.717, 1.165) is 16.9 Å². The number of nitrogens with zero attached hydrogens (tertiary/aromatic N) is 2. The van der Waals surface area contributed by atoms with Crippen molar-refractivity contribution in [2.45, 2.75) is 13.5 Å². The number of hydrogen-bond donors (Lipinski definition) is 1. The van der Waals surface area contributed by atoms with Gasteiger partial charge in [0.05, 0.1) is 4.92 Å². The van der Waals surface area contributed by atoms with E-state index < -0.39 is 0 Å². The third kappa shape index (κ3) is 3.72. The van der Waals surface area contributed by atoms with E-state index in [9.17, 15) is 10.1 Å². The van der Waals surface area contributed by atoms with E-state index in [2.05, 4.69) is 5.32 Å². The highest BCUT2D eigenvalue weighted by molar-refractivity contribution is 5.54. The van der Waals surface area contributed by atoms with Crippen LogP contribution in [-0.2, 0) is 6.54 Å². The normalized spacial score (nSPS) is 10.2. The van der Waals surface area contributed by atoms with Gasteiger partial charge in [-0.1, -0.05) is 12.1 Å². The standard InChI is InChI=1S/C16H19N3O2/c1-12-4-5-13(10-16(12)19(20)21)11-17-14-6-8-15(9-7-14)18(2)3/h4-10,17H,11H2,1-3H3. The minimum atomic E-state index is -0.343. The van der Waals surface area contributed by atoms with E-state index >= 15 is 0 Å². The molecule has 0 aromatic heterocycles.